The second-order valence-electron chi connectivity index (χ2n) is 4.36. The quantitative estimate of drug-likeness (QED) is 0.835. The van der Waals surface area contributed by atoms with E-state index in [2.05, 4.69) is 52.4 Å². The van der Waals surface area contributed by atoms with Crippen LogP contribution in [0.4, 0.5) is 5.69 Å². The summed E-state index contributed by atoms with van der Waals surface area (Å²) in [5, 5.41) is 3.55. The minimum atomic E-state index is 0.282. The van der Waals surface area contributed by atoms with E-state index in [0.717, 1.165) is 22.3 Å². The number of nitrogens with one attached hydrogen (secondary N) is 1. The van der Waals surface area contributed by atoms with Gasteiger partial charge in [-0.25, -0.2) is 0 Å². The largest absolute Gasteiger partial charge is 0.495 e. The molecule has 0 aromatic heterocycles. The molecule has 0 saturated heterocycles. The summed E-state index contributed by atoms with van der Waals surface area (Å²) in [5.41, 5.74) is 2.29. The van der Waals surface area contributed by atoms with Gasteiger partial charge < -0.3 is 10.1 Å². The molecule has 0 radical (unpaired) electrons. The number of hydrogen-bond donors (Lipinski definition) is 1. The lowest BCUT2D eigenvalue weighted by atomic mass is 10.0. The summed E-state index contributed by atoms with van der Waals surface area (Å²) in [7, 11) is 1.69. The molecule has 0 bridgehead atoms. The van der Waals surface area contributed by atoms with E-state index in [-0.39, 0.29) is 6.04 Å². The molecule has 1 unspecified atom stereocenters. The van der Waals surface area contributed by atoms with Gasteiger partial charge in [-0.1, -0.05) is 53.2 Å². The van der Waals surface area contributed by atoms with Gasteiger partial charge in [-0.2, -0.15) is 0 Å². The van der Waals surface area contributed by atoms with Crippen molar-refractivity contribution >= 4 is 21.6 Å². The number of anilines is 1. The minimum Gasteiger partial charge on any atom is -0.495 e. The molecule has 0 aliphatic heterocycles. The van der Waals surface area contributed by atoms with Gasteiger partial charge in [0.05, 0.1) is 18.8 Å². The van der Waals surface area contributed by atoms with Crippen molar-refractivity contribution in [2.75, 3.05) is 12.4 Å². The topological polar surface area (TPSA) is 21.3 Å². The SMILES string of the molecule is CCC(Nc1cc(Br)ccc1OC)c1ccccc1. The molecule has 2 aromatic rings. The third-order valence-corrected chi connectivity index (χ3v) is 3.59. The highest BCUT2D eigenvalue weighted by molar-refractivity contribution is 9.10. The fourth-order valence-corrected chi connectivity index (χ4v) is 2.45. The molecule has 3 heteroatoms. The predicted octanol–water partition coefficient (Wildman–Crippen LogP) is 5.02. The van der Waals surface area contributed by atoms with Crippen LogP contribution in [0.15, 0.2) is 53.0 Å². The van der Waals surface area contributed by atoms with Crippen molar-refractivity contribution in [1.29, 1.82) is 0 Å². The van der Waals surface area contributed by atoms with Crippen molar-refractivity contribution in [3.8, 4) is 5.75 Å². The first-order valence-corrected chi connectivity index (χ1v) is 7.19. The van der Waals surface area contributed by atoms with E-state index in [9.17, 15) is 0 Å². The van der Waals surface area contributed by atoms with E-state index in [0.29, 0.717) is 0 Å². The Morgan fingerprint density at radius 3 is 2.53 bits per heavy atom. The van der Waals surface area contributed by atoms with Gasteiger partial charge in [0.25, 0.3) is 0 Å². The maximum absolute atomic E-state index is 5.40. The molecule has 2 rings (SSSR count). The van der Waals surface area contributed by atoms with Gasteiger partial charge in [-0.3, -0.25) is 0 Å². The molecule has 0 aliphatic carbocycles. The third-order valence-electron chi connectivity index (χ3n) is 3.10. The van der Waals surface area contributed by atoms with E-state index in [4.69, 9.17) is 4.74 Å². The standard InChI is InChI=1S/C16H18BrNO/c1-3-14(12-7-5-4-6-8-12)18-15-11-13(17)9-10-16(15)19-2/h4-11,14,18H,3H2,1-2H3. The van der Waals surface area contributed by atoms with E-state index in [1.54, 1.807) is 7.11 Å². The Bertz CT molecular complexity index is 528. The predicted molar refractivity (Wildman–Crippen MR) is 83.8 cm³/mol. The van der Waals surface area contributed by atoms with Crippen LogP contribution in [0.5, 0.6) is 5.75 Å². The maximum Gasteiger partial charge on any atom is 0.142 e. The van der Waals surface area contributed by atoms with Gasteiger partial charge in [0, 0.05) is 4.47 Å². The first-order valence-electron chi connectivity index (χ1n) is 6.39. The highest BCUT2D eigenvalue weighted by Crippen LogP contribution is 2.32. The zero-order valence-corrected chi connectivity index (χ0v) is 12.8. The fourth-order valence-electron chi connectivity index (χ4n) is 2.09. The molecule has 100 valence electrons. The number of ether oxygens (including phenoxy) is 1. The monoisotopic (exact) mass is 319 g/mol. The highest BCUT2D eigenvalue weighted by atomic mass is 79.9. The van der Waals surface area contributed by atoms with Crippen LogP contribution in [-0.2, 0) is 0 Å². The lowest BCUT2D eigenvalue weighted by Crippen LogP contribution is -2.10. The number of hydrogen-bond acceptors (Lipinski definition) is 2. The van der Waals surface area contributed by atoms with E-state index < -0.39 is 0 Å². The molecule has 2 nitrogen and oxygen atoms in total. The molecule has 0 fully saturated rings. The first kappa shape index (κ1) is 13.9. The summed E-state index contributed by atoms with van der Waals surface area (Å²) in [6.45, 7) is 2.18. The van der Waals surface area contributed by atoms with Gasteiger partial charge in [-0.15, -0.1) is 0 Å². The molecular weight excluding hydrogens is 302 g/mol. The van der Waals surface area contributed by atoms with Crippen LogP contribution in [0.1, 0.15) is 24.9 Å². The summed E-state index contributed by atoms with van der Waals surface area (Å²) in [6.07, 6.45) is 1.01. The summed E-state index contributed by atoms with van der Waals surface area (Å²) in [5.74, 6) is 0.859. The Balaban J connectivity index is 2.26. The van der Waals surface area contributed by atoms with Crippen LogP contribution in [0.2, 0.25) is 0 Å². The number of rotatable bonds is 5. The number of halogens is 1. The molecule has 2 aromatic carbocycles. The molecule has 1 atom stereocenters. The zero-order chi connectivity index (χ0) is 13.7. The molecule has 1 N–H and O–H groups in total. The number of benzene rings is 2. The normalized spacial score (nSPS) is 11.9. The summed E-state index contributed by atoms with van der Waals surface area (Å²) in [6, 6.07) is 16.7. The van der Waals surface area contributed by atoms with Crippen molar-refractivity contribution in [1.82, 2.24) is 0 Å². The van der Waals surface area contributed by atoms with E-state index in [1.165, 1.54) is 5.56 Å². The maximum atomic E-state index is 5.40. The first-order chi connectivity index (χ1) is 9.24. The zero-order valence-electron chi connectivity index (χ0n) is 11.2. The molecule has 0 amide bonds. The molecular formula is C16H18BrNO. The van der Waals surface area contributed by atoms with Crippen molar-refractivity contribution < 1.29 is 4.74 Å². The van der Waals surface area contributed by atoms with Crippen LogP contribution in [0.25, 0.3) is 0 Å². The second-order valence-corrected chi connectivity index (χ2v) is 5.28. The molecule has 19 heavy (non-hydrogen) atoms. The van der Waals surface area contributed by atoms with Gasteiger partial charge in [0.15, 0.2) is 0 Å². The van der Waals surface area contributed by atoms with Crippen LogP contribution < -0.4 is 10.1 Å². The average molecular weight is 320 g/mol. The van der Waals surface area contributed by atoms with Crippen LogP contribution >= 0.6 is 15.9 Å². The van der Waals surface area contributed by atoms with Gasteiger partial charge >= 0.3 is 0 Å². The molecule has 0 heterocycles. The van der Waals surface area contributed by atoms with Gasteiger partial charge in [-0.05, 0) is 30.2 Å². The van der Waals surface area contributed by atoms with Gasteiger partial charge in [0.1, 0.15) is 5.75 Å². The van der Waals surface area contributed by atoms with Crippen LogP contribution in [0, 0.1) is 0 Å². The Hall–Kier alpha value is -1.48. The highest BCUT2D eigenvalue weighted by Gasteiger charge is 2.11. The smallest absolute Gasteiger partial charge is 0.142 e. The molecule has 0 aliphatic rings. The van der Waals surface area contributed by atoms with Gasteiger partial charge in [0.2, 0.25) is 0 Å². The fraction of sp³-hybridized carbons (Fsp3) is 0.250. The van der Waals surface area contributed by atoms with Crippen LogP contribution in [-0.4, -0.2) is 7.11 Å². The summed E-state index contributed by atoms with van der Waals surface area (Å²) in [4.78, 5) is 0. The van der Waals surface area contributed by atoms with Crippen molar-refractivity contribution in [3.05, 3.63) is 58.6 Å². The Labute approximate surface area is 122 Å². The van der Waals surface area contributed by atoms with E-state index >= 15 is 0 Å². The third kappa shape index (κ3) is 3.51. The second kappa shape index (κ2) is 6.62. The average Bonchev–Trinajstić information content (AvgIpc) is 2.46. The Morgan fingerprint density at radius 2 is 1.89 bits per heavy atom. The Kier molecular flexibility index (Phi) is 4.86. The summed E-state index contributed by atoms with van der Waals surface area (Å²) >= 11 is 3.50. The van der Waals surface area contributed by atoms with E-state index in [1.807, 2.05) is 24.3 Å². The van der Waals surface area contributed by atoms with Crippen molar-refractivity contribution in [3.63, 3.8) is 0 Å². The molecule has 0 saturated carbocycles. The van der Waals surface area contributed by atoms with Crippen molar-refractivity contribution in [2.45, 2.75) is 19.4 Å². The lowest BCUT2D eigenvalue weighted by Gasteiger charge is -2.20. The summed E-state index contributed by atoms with van der Waals surface area (Å²) < 4.78 is 6.44. The Morgan fingerprint density at radius 1 is 1.16 bits per heavy atom. The minimum absolute atomic E-state index is 0.282. The lowest BCUT2D eigenvalue weighted by molar-refractivity contribution is 0.416. The van der Waals surface area contributed by atoms with Crippen LogP contribution in [0.3, 0.4) is 0 Å². The molecule has 0 spiro atoms. The van der Waals surface area contributed by atoms with Crippen molar-refractivity contribution in [2.24, 2.45) is 0 Å². The number of methoxy groups -OCH3 is 1.